The van der Waals surface area contributed by atoms with Crippen LogP contribution in [0.15, 0.2) is 0 Å². The normalized spacial score (nSPS) is 31.3. The zero-order valence-corrected chi connectivity index (χ0v) is 9.27. The summed E-state index contributed by atoms with van der Waals surface area (Å²) in [4.78, 5) is 20.8. The van der Waals surface area contributed by atoms with Gasteiger partial charge in [-0.1, -0.05) is 0 Å². The minimum Gasteiger partial charge on any atom is -0.469 e. The third-order valence-electron chi connectivity index (χ3n) is 2.93. The summed E-state index contributed by atoms with van der Waals surface area (Å²) in [7, 11) is 2.88. The molecule has 0 radical (unpaired) electrons. The molecule has 0 heterocycles. The van der Waals surface area contributed by atoms with Gasteiger partial charge in [-0.2, -0.15) is 0 Å². The lowest BCUT2D eigenvalue weighted by Gasteiger charge is -2.31. The third kappa shape index (κ3) is 3.44. The molecule has 5 heteroatoms. The molecule has 0 amide bonds. The molecule has 1 aliphatic carbocycles. The maximum Gasteiger partial charge on any atom is 0.310 e. The van der Waals surface area contributed by atoms with E-state index in [4.69, 9.17) is 15.4 Å². The van der Waals surface area contributed by atoms with Gasteiger partial charge in [-0.3, -0.25) is 4.79 Å². The van der Waals surface area contributed by atoms with Crippen LogP contribution >= 0.6 is 0 Å². The Bertz CT molecular complexity index is 210. The van der Waals surface area contributed by atoms with Gasteiger partial charge >= 0.3 is 5.97 Å². The molecule has 2 N–H and O–H groups in total. The van der Waals surface area contributed by atoms with E-state index in [0.29, 0.717) is 12.5 Å². The number of carbonyl (C=O) groups is 1. The Balaban J connectivity index is 2.37. The molecule has 15 heavy (non-hydrogen) atoms. The molecule has 0 aromatic heterocycles. The van der Waals surface area contributed by atoms with Crippen LogP contribution in [0.2, 0.25) is 0 Å². The molecule has 0 aromatic carbocycles. The molecule has 1 aliphatic rings. The largest absolute Gasteiger partial charge is 0.469 e. The van der Waals surface area contributed by atoms with E-state index < -0.39 is 0 Å². The van der Waals surface area contributed by atoms with Crippen molar-refractivity contribution in [3.8, 4) is 0 Å². The number of esters is 1. The maximum absolute atomic E-state index is 11.3. The zero-order valence-electron chi connectivity index (χ0n) is 9.27. The van der Waals surface area contributed by atoms with Gasteiger partial charge in [0, 0.05) is 6.04 Å². The fraction of sp³-hybridized carbons (Fsp3) is 0.900. The third-order valence-corrected chi connectivity index (χ3v) is 2.93. The second-order valence-electron chi connectivity index (χ2n) is 3.92. The number of hydrogen-bond donors (Lipinski definition) is 1. The van der Waals surface area contributed by atoms with Gasteiger partial charge in [-0.05, 0) is 25.2 Å². The van der Waals surface area contributed by atoms with Gasteiger partial charge in [0.15, 0.2) is 0 Å². The summed E-state index contributed by atoms with van der Waals surface area (Å²) in [5.41, 5.74) is 5.92. The highest BCUT2D eigenvalue weighted by Crippen LogP contribution is 2.28. The van der Waals surface area contributed by atoms with Crippen molar-refractivity contribution in [2.45, 2.75) is 25.3 Å². The predicted octanol–water partition coefficient (Wildman–Crippen LogP) is 0.481. The quantitative estimate of drug-likeness (QED) is 0.421. The lowest BCUT2D eigenvalue weighted by molar-refractivity contribution is -0.281. The minimum absolute atomic E-state index is 0.128. The number of carbonyl (C=O) groups excluding carboxylic acids is 1. The molecule has 1 rings (SSSR count). The molecule has 3 atom stereocenters. The Labute approximate surface area is 89.8 Å². The van der Waals surface area contributed by atoms with Crippen molar-refractivity contribution in [3.05, 3.63) is 0 Å². The van der Waals surface area contributed by atoms with Crippen molar-refractivity contribution in [2.24, 2.45) is 17.6 Å². The molecule has 0 saturated heterocycles. The first-order valence-corrected chi connectivity index (χ1v) is 5.18. The second kappa shape index (κ2) is 6.05. The van der Waals surface area contributed by atoms with Crippen LogP contribution in [0.5, 0.6) is 0 Å². The summed E-state index contributed by atoms with van der Waals surface area (Å²) in [5.74, 6) is 0.0169. The van der Waals surface area contributed by atoms with Gasteiger partial charge in [-0.15, -0.1) is 0 Å². The Morgan fingerprint density at radius 2 is 2.13 bits per heavy atom. The summed E-state index contributed by atoms with van der Waals surface area (Å²) >= 11 is 0. The molecule has 0 spiro atoms. The monoisotopic (exact) mass is 217 g/mol. The van der Waals surface area contributed by atoms with Crippen LogP contribution in [0.3, 0.4) is 0 Å². The average Bonchev–Trinajstić information content (AvgIpc) is 2.25. The smallest absolute Gasteiger partial charge is 0.310 e. The van der Waals surface area contributed by atoms with Crippen molar-refractivity contribution >= 4 is 5.97 Å². The highest BCUT2D eigenvalue weighted by atomic mass is 17.2. The van der Waals surface area contributed by atoms with E-state index in [1.807, 2.05) is 0 Å². The van der Waals surface area contributed by atoms with Gasteiger partial charge in [0.05, 0.1) is 26.7 Å². The molecule has 3 unspecified atom stereocenters. The van der Waals surface area contributed by atoms with E-state index >= 15 is 0 Å². The summed E-state index contributed by atoms with van der Waals surface area (Å²) in [6.07, 6.45) is 2.48. The van der Waals surface area contributed by atoms with Crippen LogP contribution in [0.4, 0.5) is 0 Å². The molecule has 1 fully saturated rings. The van der Waals surface area contributed by atoms with Gasteiger partial charge in [0.25, 0.3) is 0 Å². The Morgan fingerprint density at radius 3 is 2.67 bits per heavy atom. The zero-order chi connectivity index (χ0) is 11.3. The fourth-order valence-electron chi connectivity index (χ4n) is 2.06. The number of methoxy groups -OCH3 is 1. The summed E-state index contributed by atoms with van der Waals surface area (Å²) in [6, 6.07) is -0.128. The molecule has 0 bridgehead atoms. The maximum atomic E-state index is 11.3. The lowest BCUT2D eigenvalue weighted by atomic mass is 9.79. The van der Waals surface area contributed by atoms with Gasteiger partial charge in [-0.25, -0.2) is 9.78 Å². The minimum atomic E-state index is -0.200. The van der Waals surface area contributed by atoms with Crippen LogP contribution in [0.1, 0.15) is 19.3 Å². The molecule has 0 aromatic rings. The van der Waals surface area contributed by atoms with Crippen LogP contribution in [0, 0.1) is 11.8 Å². The molecule has 5 nitrogen and oxygen atoms in total. The van der Waals surface area contributed by atoms with Crippen molar-refractivity contribution in [1.29, 1.82) is 0 Å². The van der Waals surface area contributed by atoms with Crippen molar-refractivity contribution in [3.63, 3.8) is 0 Å². The van der Waals surface area contributed by atoms with E-state index in [0.717, 1.165) is 19.3 Å². The summed E-state index contributed by atoms with van der Waals surface area (Å²) in [5, 5.41) is 0. The molecule has 0 aliphatic heterocycles. The number of hydrogen-bond acceptors (Lipinski definition) is 5. The first-order valence-electron chi connectivity index (χ1n) is 5.18. The SMILES string of the molecule is COOCC1CCC(C(=O)OC)C(N)C1. The van der Waals surface area contributed by atoms with Gasteiger partial charge < -0.3 is 10.5 Å². The van der Waals surface area contributed by atoms with E-state index in [-0.39, 0.29) is 17.9 Å². The van der Waals surface area contributed by atoms with Crippen LogP contribution in [0.25, 0.3) is 0 Å². The lowest BCUT2D eigenvalue weighted by Crippen LogP contribution is -2.42. The molecule has 1 saturated carbocycles. The standard InChI is InChI=1S/C10H19NO4/c1-13-10(12)8-4-3-7(5-9(8)11)6-15-14-2/h7-9H,3-6,11H2,1-2H3. The van der Waals surface area contributed by atoms with Crippen molar-refractivity contribution in [2.75, 3.05) is 20.8 Å². The summed E-state index contributed by atoms with van der Waals surface area (Å²) in [6.45, 7) is 0.540. The number of nitrogens with two attached hydrogens (primary N) is 1. The van der Waals surface area contributed by atoms with Crippen LogP contribution in [-0.4, -0.2) is 32.8 Å². The van der Waals surface area contributed by atoms with E-state index in [9.17, 15) is 4.79 Å². The first kappa shape index (κ1) is 12.4. The van der Waals surface area contributed by atoms with Gasteiger partial charge in [0.1, 0.15) is 0 Å². The first-order chi connectivity index (χ1) is 7.19. The Kier molecular flexibility index (Phi) is 5.01. The van der Waals surface area contributed by atoms with E-state index in [1.54, 1.807) is 0 Å². The van der Waals surface area contributed by atoms with Crippen molar-refractivity contribution in [1.82, 2.24) is 0 Å². The van der Waals surface area contributed by atoms with Crippen molar-refractivity contribution < 1.29 is 19.3 Å². The Hall–Kier alpha value is -0.650. The fourth-order valence-corrected chi connectivity index (χ4v) is 2.06. The predicted molar refractivity (Wildman–Crippen MR) is 53.8 cm³/mol. The van der Waals surface area contributed by atoms with Gasteiger partial charge in [0.2, 0.25) is 0 Å². The average molecular weight is 217 g/mol. The van der Waals surface area contributed by atoms with E-state index in [2.05, 4.69) is 4.89 Å². The Morgan fingerprint density at radius 1 is 1.40 bits per heavy atom. The number of ether oxygens (including phenoxy) is 1. The number of rotatable bonds is 4. The highest BCUT2D eigenvalue weighted by Gasteiger charge is 2.33. The van der Waals surface area contributed by atoms with Crippen LogP contribution < -0.4 is 5.73 Å². The topological polar surface area (TPSA) is 70.8 Å². The second-order valence-corrected chi connectivity index (χ2v) is 3.92. The molecular weight excluding hydrogens is 198 g/mol. The summed E-state index contributed by atoms with van der Waals surface area (Å²) < 4.78 is 4.70. The molecular formula is C10H19NO4. The van der Waals surface area contributed by atoms with E-state index in [1.165, 1.54) is 14.2 Å². The molecule has 88 valence electrons. The highest BCUT2D eigenvalue weighted by molar-refractivity contribution is 5.73. The van der Waals surface area contributed by atoms with Crippen LogP contribution in [-0.2, 0) is 19.3 Å².